The predicted octanol–water partition coefficient (Wildman–Crippen LogP) is 2.00. The summed E-state index contributed by atoms with van der Waals surface area (Å²) in [6, 6.07) is 11.0. The van der Waals surface area contributed by atoms with Gasteiger partial charge in [-0.05, 0) is 36.4 Å². The van der Waals surface area contributed by atoms with Gasteiger partial charge in [0.1, 0.15) is 17.8 Å². The van der Waals surface area contributed by atoms with Crippen LogP contribution in [0.25, 0.3) is 0 Å². The predicted molar refractivity (Wildman–Crippen MR) is 115 cm³/mol. The van der Waals surface area contributed by atoms with Crippen LogP contribution in [0.5, 0.6) is 0 Å². The fourth-order valence-electron chi connectivity index (χ4n) is 3.37. The maximum Gasteiger partial charge on any atom is 0.355 e. The van der Waals surface area contributed by atoms with E-state index >= 15 is 0 Å². The highest BCUT2D eigenvalue weighted by molar-refractivity contribution is 5.93. The lowest BCUT2D eigenvalue weighted by molar-refractivity contribution is -0.383. The number of hydrogen-bond acceptors (Lipinski definition) is 9. The number of aromatic nitrogens is 3. The third kappa shape index (κ3) is 4.53. The van der Waals surface area contributed by atoms with Crippen LogP contribution in [0.4, 0.5) is 27.4 Å². The molecule has 164 valence electrons. The zero-order valence-electron chi connectivity index (χ0n) is 16.8. The highest BCUT2D eigenvalue weighted by atomic mass is 19.1. The summed E-state index contributed by atoms with van der Waals surface area (Å²) in [5.74, 6) is -0.851. The van der Waals surface area contributed by atoms with Crippen LogP contribution in [0.1, 0.15) is 10.5 Å². The molecular formula is C20H19FN8O3. The van der Waals surface area contributed by atoms with E-state index in [2.05, 4.69) is 30.7 Å². The van der Waals surface area contributed by atoms with Gasteiger partial charge in [-0.3, -0.25) is 30.7 Å². The molecule has 0 radical (unpaired) electrons. The number of hydrazine groups is 1. The van der Waals surface area contributed by atoms with Gasteiger partial charge >= 0.3 is 5.69 Å². The Morgan fingerprint density at radius 1 is 1.00 bits per heavy atom. The van der Waals surface area contributed by atoms with E-state index in [-0.39, 0.29) is 28.8 Å². The van der Waals surface area contributed by atoms with E-state index < -0.39 is 10.8 Å². The smallest absolute Gasteiger partial charge is 0.355 e. The molecule has 4 rings (SSSR count). The number of carbonyl (C=O) groups excluding carboxylic acids is 1. The molecule has 2 aromatic heterocycles. The van der Waals surface area contributed by atoms with Gasteiger partial charge in [0.25, 0.3) is 5.91 Å². The average Bonchev–Trinajstić information content (AvgIpc) is 2.83. The number of anilines is 3. The Morgan fingerprint density at radius 3 is 2.38 bits per heavy atom. The van der Waals surface area contributed by atoms with Crippen molar-refractivity contribution in [2.24, 2.45) is 0 Å². The molecule has 0 bridgehead atoms. The number of nitrogens with one attached hydrogen (secondary N) is 2. The summed E-state index contributed by atoms with van der Waals surface area (Å²) in [6.45, 7) is 2.09. The molecule has 11 nitrogen and oxygen atoms in total. The van der Waals surface area contributed by atoms with Crippen molar-refractivity contribution in [2.45, 2.75) is 0 Å². The van der Waals surface area contributed by atoms with Crippen molar-refractivity contribution >= 4 is 28.9 Å². The standard InChI is InChI=1S/C20H19FN8O3/c21-14-4-6-15(7-5-14)27-9-11-28(12-10-27)19-17(29(31)32)18(23-13-24-19)25-26-20(30)16-3-1-2-8-22-16/h1-8,13H,9-12H2,(H,26,30)(H,23,24,25). The lowest BCUT2D eigenvalue weighted by Crippen LogP contribution is -2.47. The average molecular weight is 438 g/mol. The van der Waals surface area contributed by atoms with Crippen LogP contribution >= 0.6 is 0 Å². The summed E-state index contributed by atoms with van der Waals surface area (Å²) >= 11 is 0. The summed E-state index contributed by atoms with van der Waals surface area (Å²) < 4.78 is 13.2. The third-order valence-electron chi connectivity index (χ3n) is 4.95. The second-order valence-electron chi connectivity index (χ2n) is 6.90. The zero-order chi connectivity index (χ0) is 22.5. The topological polar surface area (TPSA) is 129 Å². The molecule has 2 N–H and O–H groups in total. The number of amides is 1. The Balaban J connectivity index is 1.48. The number of carbonyl (C=O) groups is 1. The molecule has 3 heterocycles. The Bertz CT molecular complexity index is 1110. The van der Waals surface area contributed by atoms with Crippen molar-refractivity contribution < 1.29 is 14.1 Å². The molecule has 1 saturated heterocycles. The number of benzene rings is 1. The largest absolute Gasteiger partial charge is 0.368 e. The summed E-state index contributed by atoms with van der Waals surface area (Å²) in [7, 11) is 0. The number of nitro groups is 1. The van der Waals surface area contributed by atoms with E-state index in [4.69, 9.17) is 0 Å². The van der Waals surface area contributed by atoms with Gasteiger partial charge in [-0.1, -0.05) is 6.07 Å². The van der Waals surface area contributed by atoms with Gasteiger partial charge in [-0.25, -0.2) is 14.4 Å². The first-order valence-electron chi connectivity index (χ1n) is 9.75. The Labute approximate surface area is 182 Å². The fraction of sp³-hybridized carbons (Fsp3) is 0.200. The molecule has 0 saturated carbocycles. The van der Waals surface area contributed by atoms with Crippen molar-refractivity contribution in [3.8, 4) is 0 Å². The zero-order valence-corrected chi connectivity index (χ0v) is 16.8. The van der Waals surface area contributed by atoms with Crippen molar-refractivity contribution in [2.75, 3.05) is 41.4 Å². The minimum atomic E-state index is -0.586. The van der Waals surface area contributed by atoms with Gasteiger partial charge in [0.2, 0.25) is 11.6 Å². The molecule has 32 heavy (non-hydrogen) atoms. The summed E-state index contributed by atoms with van der Waals surface area (Å²) in [4.78, 5) is 39.2. The quantitative estimate of drug-likeness (QED) is 0.438. The molecule has 1 amide bonds. The highest BCUT2D eigenvalue weighted by Gasteiger charge is 2.29. The van der Waals surface area contributed by atoms with Gasteiger partial charge in [0.05, 0.1) is 4.92 Å². The molecule has 1 aliphatic heterocycles. The number of hydrogen-bond donors (Lipinski definition) is 2. The SMILES string of the molecule is O=C(NNc1ncnc(N2CCN(c3ccc(F)cc3)CC2)c1[N+](=O)[O-])c1ccccn1. The van der Waals surface area contributed by atoms with Gasteiger partial charge in [-0.2, -0.15) is 0 Å². The van der Waals surface area contributed by atoms with Crippen molar-refractivity contribution in [3.63, 3.8) is 0 Å². The number of rotatable bonds is 6. The van der Waals surface area contributed by atoms with Crippen LogP contribution in [0.3, 0.4) is 0 Å². The number of halogens is 1. The van der Waals surface area contributed by atoms with Crippen LogP contribution < -0.4 is 20.7 Å². The Kier molecular flexibility index (Phi) is 6.01. The summed E-state index contributed by atoms with van der Waals surface area (Å²) in [6.07, 6.45) is 2.66. The number of pyridine rings is 1. The first-order valence-corrected chi connectivity index (χ1v) is 9.75. The monoisotopic (exact) mass is 438 g/mol. The minimum Gasteiger partial charge on any atom is -0.368 e. The normalized spacial score (nSPS) is 13.5. The third-order valence-corrected chi connectivity index (χ3v) is 4.95. The van der Waals surface area contributed by atoms with Gasteiger partial charge in [-0.15, -0.1) is 0 Å². The van der Waals surface area contributed by atoms with Gasteiger partial charge < -0.3 is 9.80 Å². The Morgan fingerprint density at radius 2 is 1.72 bits per heavy atom. The van der Waals surface area contributed by atoms with E-state index in [1.807, 2.05) is 0 Å². The van der Waals surface area contributed by atoms with E-state index in [9.17, 15) is 19.3 Å². The number of nitrogens with zero attached hydrogens (tertiary/aromatic N) is 6. The van der Waals surface area contributed by atoms with Gasteiger partial charge in [0.15, 0.2) is 0 Å². The van der Waals surface area contributed by atoms with Crippen molar-refractivity contribution in [1.82, 2.24) is 20.4 Å². The molecule has 0 unspecified atom stereocenters. The molecule has 1 aliphatic rings. The molecule has 1 aromatic carbocycles. The fourth-order valence-corrected chi connectivity index (χ4v) is 3.37. The lowest BCUT2D eigenvalue weighted by atomic mass is 10.2. The van der Waals surface area contributed by atoms with Gasteiger partial charge in [0, 0.05) is 38.1 Å². The van der Waals surface area contributed by atoms with E-state index in [0.29, 0.717) is 26.2 Å². The molecule has 0 atom stereocenters. The van der Waals surface area contributed by atoms with Crippen molar-refractivity contribution in [3.05, 3.63) is 76.6 Å². The maximum absolute atomic E-state index is 13.2. The summed E-state index contributed by atoms with van der Waals surface area (Å²) in [5.41, 5.74) is 5.56. The van der Waals surface area contributed by atoms with Crippen LogP contribution in [0, 0.1) is 15.9 Å². The number of piperazine rings is 1. The Hall–Kier alpha value is -4.35. The molecular weight excluding hydrogens is 419 g/mol. The van der Waals surface area contributed by atoms with Crippen LogP contribution in [-0.2, 0) is 0 Å². The minimum absolute atomic E-state index is 0.134. The van der Waals surface area contributed by atoms with Crippen LogP contribution in [0.15, 0.2) is 55.0 Å². The second-order valence-corrected chi connectivity index (χ2v) is 6.90. The highest BCUT2D eigenvalue weighted by Crippen LogP contribution is 2.32. The maximum atomic E-state index is 13.2. The lowest BCUT2D eigenvalue weighted by Gasteiger charge is -2.36. The molecule has 3 aromatic rings. The second kappa shape index (κ2) is 9.20. The first-order chi connectivity index (χ1) is 15.5. The van der Waals surface area contributed by atoms with E-state index in [1.54, 1.807) is 29.2 Å². The van der Waals surface area contributed by atoms with E-state index in [0.717, 1.165) is 5.69 Å². The van der Waals surface area contributed by atoms with E-state index in [1.165, 1.54) is 30.7 Å². The van der Waals surface area contributed by atoms with Crippen LogP contribution in [0.2, 0.25) is 0 Å². The molecule has 12 heteroatoms. The van der Waals surface area contributed by atoms with Crippen LogP contribution in [-0.4, -0.2) is 52.0 Å². The van der Waals surface area contributed by atoms with Crippen molar-refractivity contribution in [1.29, 1.82) is 0 Å². The first kappa shape index (κ1) is 20.9. The summed E-state index contributed by atoms with van der Waals surface area (Å²) in [5, 5.41) is 11.8. The molecule has 0 aliphatic carbocycles. The molecule has 1 fully saturated rings. The molecule has 0 spiro atoms.